The molecule has 1 N–H and O–H groups in total. The third kappa shape index (κ3) is 4.61. The minimum absolute atomic E-state index is 0.106. The summed E-state index contributed by atoms with van der Waals surface area (Å²) in [5.41, 5.74) is 2.25. The summed E-state index contributed by atoms with van der Waals surface area (Å²) in [6, 6.07) is 3.81. The molecule has 3 nitrogen and oxygen atoms in total. The standard InChI is InChI=1S/C13H20BrNO2S/c1-9-6-11(14)7-10(2)12(9)15-18(16,17)8-13(3,4)5/h6-7,15H,8H2,1-5H3. The van der Waals surface area contributed by atoms with E-state index < -0.39 is 10.0 Å². The minimum atomic E-state index is -3.32. The van der Waals surface area contributed by atoms with E-state index in [0.717, 1.165) is 15.6 Å². The molecule has 1 rings (SSSR count). The number of halogens is 1. The van der Waals surface area contributed by atoms with E-state index in [1.807, 2.05) is 46.8 Å². The highest BCUT2D eigenvalue weighted by Crippen LogP contribution is 2.27. The van der Waals surface area contributed by atoms with Gasteiger partial charge in [-0.1, -0.05) is 36.7 Å². The Labute approximate surface area is 118 Å². The Morgan fingerprint density at radius 3 is 2.00 bits per heavy atom. The monoisotopic (exact) mass is 333 g/mol. The summed E-state index contributed by atoms with van der Waals surface area (Å²) in [4.78, 5) is 0. The molecule has 0 aliphatic heterocycles. The van der Waals surface area contributed by atoms with Crippen LogP contribution in [0, 0.1) is 19.3 Å². The number of hydrogen-bond donors (Lipinski definition) is 1. The molecule has 102 valence electrons. The highest BCUT2D eigenvalue weighted by atomic mass is 79.9. The molecule has 5 heteroatoms. The Hall–Kier alpha value is -0.550. The van der Waals surface area contributed by atoms with Gasteiger partial charge < -0.3 is 0 Å². The van der Waals surface area contributed by atoms with Crippen LogP contribution in [-0.4, -0.2) is 14.2 Å². The summed E-state index contributed by atoms with van der Waals surface area (Å²) >= 11 is 3.40. The molecule has 0 radical (unpaired) electrons. The minimum Gasteiger partial charge on any atom is -0.283 e. The third-order valence-electron chi connectivity index (χ3n) is 2.38. The fourth-order valence-electron chi connectivity index (χ4n) is 1.83. The molecule has 1 aromatic carbocycles. The summed E-state index contributed by atoms with van der Waals surface area (Å²) in [6.45, 7) is 9.52. The van der Waals surface area contributed by atoms with Crippen molar-refractivity contribution in [1.82, 2.24) is 0 Å². The zero-order valence-corrected chi connectivity index (χ0v) is 13.9. The Morgan fingerprint density at radius 1 is 1.17 bits per heavy atom. The van der Waals surface area contributed by atoms with Crippen LogP contribution in [0.25, 0.3) is 0 Å². The third-order valence-corrected chi connectivity index (χ3v) is 4.60. The number of nitrogens with one attached hydrogen (secondary N) is 1. The maximum absolute atomic E-state index is 12.1. The van der Waals surface area contributed by atoms with Gasteiger partial charge in [0.05, 0.1) is 11.4 Å². The van der Waals surface area contributed by atoms with Crippen LogP contribution in [0.1, 0.15) is 31.9 Å². The van der Waals surface area contributed by atoms with Crippen LogP contribution in [0.4, 0.5) is 5.69 Å². The van der Waals surface area contributed by atoms with Crippen LogP contribution in [0.3, 0.4) is 0 Å². The summed E-state index contributed by atoms with van der Waals surface area (Å²) in [5, 5.41) is 0. The average Bonchev–Trinajstić information content (AvgIpc) is 2.07. The van der Waals surface area contributed by atoms with Crippen molar-refractivity contribution in [2.24, 2.45) is 5.41 Å². The van der Waals surface area contributed by atoms with Gasteiger partial charge in [-0.2, -0.15) is 0 Å². The van der Waals surface area contributed by atoms with Gasteiger partial charge in [-0.25, -0.2) is 8.42 Å². The van der Waals surface area contributed by atoms with Gasteiger partial charge in [0.15, 0.2) is 0 Å². The first-order chi connectivity index (χ1) is 8.00. The highest BCUT2D eigenvalue weighted by Gasteiger charge is 2.22. The summed E-state index contributed by atoms with van der Waals surface area (Å²) in [7, 11) is -3.32. The first-order valence-corrected chi connectivity index (χ1v) is 8.22. The molecule has 0 aromatic heterocycles. The number of aryl methyl sites for hydroxylation is 2. The molecule has 0 amide bonds. The largest absolute Gasteiger partial charge is 0.283 e. The molecule has 1 aromatic rings. The normalized spacial score (nSPS) is 12.6. The first kappa shape index (κ1) is 15.5. The van der Waals surface area contributed by atoms with E-state index in [1.54, 1.807) is 0 Å². The molecule has 0 saturated heterocycles. The van der Waals surface area contributed by atoms with E-state index in [4.69, 9.17) is 0 Å². The molecular weight excluding hydrogens is 314 g/mol. The van der Waals surface area contributed by atoms with E-state index in [-0.39, 0.29) is 11.2 Å². The van der Waals surface area contributed by atoms with Crippen LogP contribution < -0.4 is 4.72 Å². The van der Waals surface area contributed by atoms with Crippen molar-refractivity contribution in [2.75, 3.05) is 10.5 Å². The molecule has 0 fully saturated rings. The second-order valence-electron chi connectivity index (χ2n) is 5.84. The van der Waals surface area contributed by atoms with Crippen LogP contribution in [-0.2, 0) is 10.0 Å². The molecule has 0 bridgehead atoms. The van der Waals surface area contributed by atoms with Crippen molar-refractivity contribution in [3.63, 3.8) is 0 Å². The zero-order valence-electron chi connectivity index (χ0n) is 11.5. The molecule has 0 atom stereocenters. The van der Waals surface area contributed by atoms with Crippen molar-refractivity contribution >= 4 is 31.6 Å². The lowest BCUT2D eigenvalue weighted by Gasteiger charge is -2.20. The van der Waals surface area contributed by atoms with Gasteiger partial charge in [-0.05, 0) is 42.5 Å². The number of sulfonamides is 1. The topological polar surface area (TPSA) is 46.2 Å². The SMILES string of the molecule is Cc1cc(Br)cc(C)c1NS(=O)(=O)CC(C)(C)C. The van der Waals surface area contributed by atoms with E-state index >= 15 is 0 Å². The van der Waals surface area contributed by atoms with Gasteiger partial charge in [-0.3, -0.25) is 4.72 Å². The Morgan fingerprint density at radius 2 is 1.61 bits per heavy atom. The smallest absolute Gasteiger partial charge is 0.233 e. The van der Waals surface area contributed by atoms with Gasteiger partial charge in [0.1, 0.15) is 0 Å². The van der Waals surface area contributed by atoms with Gasteiger partial charge in [0.25, 0.3) is 0 Å². The predicted octanol–water partition coefficient (Wildman–Crippen LogP) is 3.85. The second-order valence-corrected chi connectivity index (χ2v) is 8.47. The van der Waals surface area contributed by atoms with Crippen molar-refractivity contribution in [2.45, 2.75) is 34.6 Å². The van der Waals surface area contributed by atoms with Crippen LogP contribution >= 0.6 is 15.9 Å². The lowest BCUT2D eigenvalue weighted by Crippen LogP contribution is -2.26. The van der Waals surface area contributed by atoms with Crippen LogP contribution in [0.15, 0.2) is 16.6 Å². The fourth-order valence-corrected chi connectivity index (χ4v) is 4.37. The highest BCUT2D eigenvalue weighted by molar-refractivity contribution is 9.10. The van der Waals surface area contributed by atoms with Crippen LogP contribution in [0.5, 0.6) is 0 Å². The fraction of sp³-hybridized carbons (Fsp3) is 0.538. The zero-order chi connectivity index (χ0) is 14.1. The predicted molar refractivity (Wildman–Crippen MR) is 80.5 cm³/mol. The van der Waals surface area contributed by atoms with Crippen molar-refractivity contribution in [1.29, 1.82) is 0 Å². The first-order valence-electron chi connectivity index (χ1n) is 5.77. The van der Waals surface area contributed by atoms with Crippen molar-refractivity contribution < 1.29 is 8.42 Å². The Bertz CT molecular complexity index is 522. The lowest BCUT2D eigenvalue weighted by molar-refractivity contribution is 0.463. The quantitative estimate of drug-likeness (QED) is 0.912. The molecule has 0 aliphatic carbocycles. The van der Waals surface area contributed by atoms with Crippen LogP contribution in [0.2, 0.25) is 0 Å². The lowest BCUT2D eigenvalue weighted by atomic mass is 10.0. The maximum atomic E-state index is 12.1. The van der Waals surface area contributed by atoms with E-state index in [2.05, 4.69) is 20.7 Å². The maximum Gasteiger partial charge on any atom is 0.233 e. The molecule has 18 heavy (non-hydrogen) atoms. The number of anilines is 1. The van der Waals surface area contributed by atoms with Gasteiger partial charge in [0, 0.05) is 4.47 Å². The van der Waals surface area contributed by atoms with Crippen molar-refractivity contribution in [3.8, 4) is 0 Å². The molecule has 0 heterocycles. The summed E-state index contributed by atoms with van der Waals surface area (Å²) < 4.78 is 27.8. The Balaban J connectivity index is 3.06. The van der Waals surface area contributed by atoms with E-state index in [9.17, 15) is 8.42 Å². The van der Waals surface area contributed by atoms with Gasteiger partial charge >= 0.3 is 0 Å². The number of benzene rings is 1. The van der Waals surface area contributed by atoms with Gasteiger partial charge in [0.2, 0.25) is 10.0 Å². The summed E-state index contributed by atoms with van der Waals surface area (Å²) in [5.74, 6) is 0.106. The molecule has 0 saturated carbocycles. The van der Waals surface area contributed by atoms with Gasteiger partial charge in [-0.15, -0.1) is 0 Å². The number of hydrogen-bond acceptors (Lipinski definition) is 2. The average molecular weight is 334 g/mol. The number of rotatable bonds is 3. The molecule has 0 unspecified atom stereocenters. The summed E-state index contributed by atoms with van der Waals surface area (Å²) in [6.07, 6.45) is 0. The molecule has 0 aliphatic rings. The second kappa shape index (κ2) is 5.21. The van der Waals surface area contributed by atoms with E-state index in [0.29, 0.717) is 5.69 Å². The van der Waals surface area contributed by atoms with Crippen molar-refractivity contribution in [3.05, 3.63) is 27.7 Å². The Kier molecular flexibility index (Phi) is 4.49. The molecular formula is C13H20BrNO2S. The molecule has 0 spiro atoms. The van der Waals surface area contributed by atoms with E-state index in [1.165, 1.54) is 0 Å².